The second-order valence-corrected chi connectivity index (χ2v) is 9.58. The number of halogens is 3. The number of hydrogen-bond acceptors (Lipinski definition) is 5. The molecule has 0 bridgehead atoms. The molecule has 1 aromatic rings. The predicted molar refractivity (Wildman–Crippen MR) is 99.7 cm³/mol. The van der Waals surface area contributed by atoms with Gasteiger partial charge in [0.15, 0.2) is 0 Å². The van der Waals surface area contributed by atoms with Crippen molar-refractivity contribution >= 4 is 16.0 Å². The highest BCUT2D eigenvalue weighted by Gasteiger charge is 2.35. The fourth-order valence-electron chi connectivity index (χ4n) is 2.62. The Kier molecular flexibility index (Phi) is 7.69. The van der Waals surface area contributed by atoms with Crippen LogP contribution in [0.3, 0.4) is 0 Å². The molecule has 0 amide bonds. The minimum Gasteiger partial charge on any atom is -0.465 e. The summed E-state index contributed by atoms with van der Waals surface area (Å²) in [6.45, 7) is 4.58. The number of hydrogen-bond donors (Lipinski definition) is 0. The molecule has 29 heavy (non-hydrogen) atoms. The van der Waals surface area contributed by atoms with Gasteiger partial charge in [-0.1, -0.05) is 13.8 Å². The van der Waals surface area contributed by atoms with Crippen LogP contribution in [-0.4, -0.2) is 51.6 Å². The van der Waals surface area contributed by atoms with E-state index >= 15 is 0 Å². The van der Waals surface area contributed by atoms with Gasteiger partial charge < -0.3 is 9.47 Å². The first-order chi connectivity index (χ1) is 13.4. The molecule has 164 valence electrons. The van der Waals surface area contributed by atoms with Crippen LogP contribution in [0.5, 0.6) is 0 Å². The first-order valence-corrected chi connectivity index (χ1v) is 10.8. The Bertz CT molecular complexity index is 820. The van der Waals surface area contributed by atoms with Gasteiger partial charge >= 0.3 is 12.1 Å². The van der Waals surface area contributed by atoms with Gasteiger partial charge in [0.1, 0.15) is 0 Å². The molecule has 1 aromatic carbocycles. The maximum Gasteiger partial charge on any atom is 0.416 e. The summed E-state index contributed by atoms with van der Waals surface area (Å²) in [5, 5.41) is 0. The second-order valence-electron chi connectivity index (χ2n) is 7.53. The van der Waals surface area contributed by atoms with E-state index in [0.29, 0.717) is 12.7 Å². The van der Waals surface area contributed by atoms with E-state index in [1.54, 1.807) is 0 Å². The predicted octanol–water partition coefficient (Wildman–Crippen LogP) is 3.25. The van der Waals surface area contributed by atoms with Crippen LogP contribution < -0.4 is 0 Å². The topological polar surface area (TPSA) is 76.2 Å². The van der Waals surface area contributed by atoms with Crippen molar-refractivity contribution in [3.63, 3.8) is 0 Å². The minimum absolute atomic E-state index is 0.0456. The largest absolute Gasteiger partial charge is 0.465 e. The molecule has 1 unspecified atom stereocenters. The molecular formula is C19H26F3NO5S. The first kappa shape index (κ1) is 23.6. The molecule has 1 atom stereocenters. The molecule has 0 radical (unpaired) electrons. The molecule has 1 fully saturated rings. The van der Waals surface area contributed by atoms with E-state index in [1.807, 2.05) is 13.8 Å². The molecule has 0 spiro atoms. The molecule has 2 rings (SSSR count). The number of esters is 1. The van der Waals surface area contributed by atoms with Crippen molar-refractivity contribution in [2.75, 3.05) is 26.8 Å². The van der Waals surface area contributed by atoms with Crippen molar-refractivity contribution in [3.8, 4) is 0 Å². The summed E-state index contributed by atoms with van der Waals surface area (Å²) in [5.74, 6) is -0.240. The second kappa shape index (κ2) is 9.44. The third kappa shape index (κ3) is 7.27. The van der Waals surface area contributed by atoms with Gasteiger partial charge in [0.05, 0.1) is 29.8 Å². The van der Waals surface area contributed by atoms with E-state index in [4.69, 9.17) is 9.47 Å². The number of aryl methyl sites for hydroxylation is 1. The summed E-state index contributed by atoms with van der Waals surface area (Å²) >= 11 is 0. The molecule has 0 aliphatic carbocycles. The van der Waals surface area contributed by atoms with Crippen molar-refractivity contribution in [3.05, 3.63) is 29.3 Å². The summed E-state index contributed by atoms with van der Waals surface area (Å²) < 4.78 is 76.2. The number of likely N-dealkylation sites (N-methyl/N-ethyl adjacent to an activating group) is 1. The average molecular weight is 437 g/mol. The monoisotopic (exact) mass is 437 g/mol. The van der Waals surface area contributed by atoms with Gasteiger partial charge in [0, 0.05) is 20.0 Å². The number of benzene rings is 1. The van der Waals surface area contributed by atoms with Gasteiger partial charge in [-0.25, -0.2) is 8.42 Å². The minimum atomic E-state index is -4.69. The third-order valence-electron chi connectivity index (χ3n) is 4.29. The molecular weight excluding hydrogens is 411 g/mol. The maximum absolute atomic E-state index is 13.3. The summed E-state index contributed by atoms with van der Waals surface area (Å²) in [6, 6.07) is 2.79. The lowest BCUT2D eigenvalue weighted by molar-refractivity contribution is -0.144. The van der Waals surface area contributed by atoms with Gasteiger partial charge in [-0.2, -0.15) is 17.5 Å². The lowest BCUT2D eigenvalue weighted by atomic mass is 10.0. The van der Waals surface area contributed by atoms with Crippen molar-refractivity contribution in [2.45, 2.75) is 50.3 Å². The summed E-state index contributed by atoms with van der Waals surface area (Å²) in [7, 11) is -2.79. The van der Waals surface area contributed by atoms with Crippen molar-refractivity contribution in [1.29, 1.82) is 0 Å². The standard InChI is InChI=1S/C19H26F3NO5S/c1-13(2)11-28-18(24)6-4-5-14-7-15(19(20,21)22)9-17(8-14)29(25,26)23(3)10-16-12-27-16/h7-9,13,16H,4-6,10-12H2,1-3H3. The average Bonchev–Trinajstić information content (AvgIpc) is 3.43. The number of alkyl halides is 3. The Balaban J connectivity index is 2.15. The van der Waals surface area contributed by atoms with Crippen LogP contribution in [0.2, 0.25) is 0 Å². The SMILES string of the molecule is CC(C)COC(=O)CCCc1cc(C(F)(F)F)cc(S(=O)(=O)N(C)CC2CO2)c1. The molecule has 0 N–H and O–H groups in total. The number of nitrogens with zero attached hydrogens (tertiary/aromatic N) is 1. The van der Waals surface area contributed by atoms with E-state index in [2.05, 4.69) is 0 Å². The van der Waals surface area contributed by atoms with Gasteiger partial charge in [0.25, 0.3) is 0 Å². The highest BCUT2D eigenvalue weighted by atomic mass is 32.2. The van der Waals surface area contributed by atoms with Crippen molar-refractivity contribution in [1.82, 2.24) is 4.31 Å². The fraction of sp³-hybridized carbons (Fsp3) is 0.632. The van der Waals surface area contributed by atoms with Gasteiger partial charge in [-0.05, 0) is 42.5 Å². The van der Waals surface area contributed by atoms with Crippen molar-refractivity contribution in [2.24, 2.45) is 5.92 Å². The number of ether oxygens (including phenoxy) is 2. The third-order valence-corrected chi connectivity index (χ3v) is 6.09. The van der Waals surface area contributed by atoms with Crippen LogP contribution in [-0.2, 0) is 36.9 Å². The number of rotatable bonds is 10. The lowest BCUT2D eigenvalue weighted by Gasteiger charge is -2.18. The highest BCUT2D eigenvalue weighted by Crippen LogP contribution is 2.33. The zero-order valence-corrected chi connectivity index (χ0v) is 17.5. The molecule has 1 aliphatic rings. The normalized spacial score (nSPS) is 17.0. The van der Waals surface area contributed by atoms with Gasteiger partial charge in [-0.3, -0.25) is 4.79 Å². The van der Waals surface area contributed by atoms with Crippen LogP contribution in [0.4, 0.5) is 13.2 Å². The Labute approximate surface area is 169 Å². The molecule has 0 aromatic heterocycles. The van der Waals surface area contributed by atoms with Crippen LogP contribution in [0.1, 0.15) is 37.8 Å². The zero-order valence-electron chi connectivity index (χ0n) is 16.7. The Morgan fingerprint density at radius 2 is 1.97 bits per heavy atom. The van der Waals surface area contributed by atoms with Gasteiger partial charge in [0.2, 0.25) is 10.0 Å². The molecule has 0 saturated carbocycles. The number of carbonyl (C=O) groups excluding carboxylic acids is 1. The summed E-state index contributed by atoms with van der Waals surface area (Å²) in [6.07, 6.45) is -4.49. The molecule has 1 saturated heterocycles. The maximum atomic E-state index is 13.3. The number of carbonyl (C=O) groups is 1. The summed E-state index contributed by atoms with van der Waals surface area (Å²) in [5.41, 5.74) is -0.835. The first-order valence-electron chi connectivity index (χ1n) is 9.34. The number of epoxide rings is 1. The quantitative estimate of drug-likeness (QED) is 0.415. The Morgan fingerprint density at radius 3 is 2.52 bits per heavy atom. The van der Waals surface area contributed by atoms with E-state index < -0.39 is 32.6 Å². The molecule has 6 nitrogen and oxygen atoms in total. The van der Waals surface area contributed by atoms with E-state index in [0.717, 1.165) is 10.4 Å². The Morgan fingerprint density at radius 1 is 1.31 bits per heavy atom. The highest BCUT2D eigenvalue weighted by molar-refractivity contribution is 7.89. The van der Waals surface area contributed by atoms with E-state index in [-0.39, 0.29) is 50.0 Å². The number of sulfonamides is 1. The van der Waals surface area contributed by atoms with Crippen LogP contribution in [0, 0.1) is 5.92 Å². The van der Waals surface area contributed by atoms with Crippen LogP contribution in [0.25, 0.3) is 0 Å². The lowest BCUT2D eigenvalue weighted by Crippen LogP contribution is -2.30. The smallest absolute Gasteiger partial charge is 0.416 e. The van der Waals surface area contributed by atoms with E-state index in [9.17, 15) is 26.4 Å². The van der Waals surface area contributed by atoms with Crippen LogP contribution >= 0.6 is 0 Å². The van der Waals surface area contributed by atoms with Crippen LogP contribution in [0.15, 0.2) is 23.1 Å². The summed E-state index contributed by atoms with van der Waals surface area (Å²) in [4.78, 5) is 11.2. The zero-order chi connectivity index (χ0) is 21.8. The van der Waals surface area contributed by atoms with Crippen molar-refractivity contribution < 1.29 is 35.9 Å². The molecule has 1 heterocycles. The van der Waals surface area contributed by atoms with E-state index in [1.165, 1.54) is 13.1 Å². The fourth-order valence-corrected chi connectivity index (χ4v) is 3.92. The molecule has 1 aliphatic heterocycles. The Hall–Kier alpha value is -1.65. The van der Waals surface area contributed by atoms with Gasteiger partial charge in [-0.15, -0.1) is 0 Å². The molecule has 10 heteroatoms.